The molecule has 0 aliphatic rings. The van der Waals surface area contributed by atoms with Gasteiger partial charge in [0, 0.05) is 22.5 Å². The van der Waals surface area contributed by atoms with Crippen molar-refractivity contribution < 1.29 is 14.4 Å². The van der Waals surface area contributed by atoms with E-state index in [1.165, 1.54) is 12.1 Å². The third-order valence-electron chi connectivity index (χ3n) is 3.10. The first kappa shape index (κ1) is 16.7. The molecule has 4 N–H and O–H groups in total. The minimum atomic E-state index is -0.540. The zero-order valence-corrected chi connectivity index (χ0v) is 12.6. The van der Waals surface area contributed by atoms with Crippen molar-refractivity contribution in [1.29, 1.82) is 5.26 Å². The van der Waals surface area contributed by atoms with E-state index in [4.69, 9.17) is 11.0 Å². The number of benzene rings is 2. The minimum Gasteiger partial charge on any atom is -0.366 e. The summed E-state index contributed by atoms with van der Waals surface area (Å²) in [6.07, 6.45) is -0.233. The Balaban J connectivity index is 2.01. The lowest BCUT2D eigenvalue weighted by Crippen LogP contribution is -2.14. The fraction of sp³-hybridized carbons (Fsp3) is 0.0588. The Labute approximate surface area is 138 Å². The number of carbonyl (C=O) groups is 3. The molecular formula is C17H14N4O3. The lowest BCUT2D eigenvalue weighted by Gasteiger charge is -2.07. The van der Waals surface area contributed by atoms with Crippen LogP contribution in [-0.2, 0) is 4.79 Å². The van der Waals surface area contributed by atoms with Gasteiger partial charge in [-0.25, -0.2) is 0 Å². The average Bonchev–Trinajstić information content (AvgIpc) is 2.56. The summed E-state index contributed by atoms with van der Waals surface area (Å²) >= 11 is 0. The van der Waals surface area contributed by atoms with Gasteiger partial charge in [0.1, 0.15) is 6.42 Å². The number of nitrogens with two attached hydrogens (primary N) is 1. The van der Waals surface area contributed by atoms with Crippen LogP contribution in [0.15, 0.2) is 48.5 Å². The third-order valence-corrected chi connectivity index (χ3v) is 3.10. The quantitative estimate of drug-likeness (QED) is 0.777. The summed E-state index contributed by atoms with van der Waals surface area (Å²) in [5.74, 6) is -1.29. The van der Waals surface area contributed by atoms with E-state index in [2.05, 4.69) is 10.6 Å². The van der Waals surface area contributed by atoms with E-state index in [1.54, 1.807) is 42.5 Å². The van der Waals surface area contributed by atoms with Crippen LogP contribution in [0.25, 0.3) is 0 Å². The summed E-state index contributed by atoms with van der Waals surface area (Å²) in [6, 6.07) is 14.2. The second-order valence-corrected chi connectivity index (χ2v) is 4.86. The maximum absolute atomic E-state index is 12.1. The number of amides is 3. The third kappa shape index (κ3) is 4.42. The molecule has 0 bridgehead atoms. The fourth-order valence-electron chi connectivity index (χ4n) is 1.90. The number of hydrogen-bond acceptors (Lipinski definition) is 4. The molecule has 2 aromatic rings. The predicted molar refractivity (Wildman–Crippen MR) is 88.2 cm³/mol. The molecule has 0 aliphatic carbocycles. The monoisotopic (exact) mass is 322 g/mol. The zero-order chi connectivity index (χ0) is 17.5. The summed E-state index contributed by atoms with van der Waals surface area (Å²) in [5, 5.41) is 13.7. The molecule has 7 nitrogen and oxygen atoms in total. The minimum absolute atomic E-state index is 0.233. The van der Waals surface area contributed by atoms with Gasteiger partial charge in [-0.3, -0.25) is 14.4 Å². The average molecular weight is 322 g/mol. The first-order chi connectivity index (χ1) is 11.5. The molecule has 0 aliphatic heterocycles. The van der Waals surface area contributed by atoms with E-state index in [9.17, 15) is 14.4 Å². The molecule has 0 saturated heterocycles. The van der Waals surface area contributed by atoms with Crippen molar-refractivity contribution in [3.8, 4) is 6.07 Å². The van der Waals surface area contributed by atoms with Crippen molar-refractivity contribution in [3.63, 3.8) is 0 Å². The van der Waals surface area contributed by atoms with Gasteiger partial charge < -0.3 is 16.4 Å². The Bertz CT molecular complexity index is 805. The lowest BCUT2D eigenvalue weighted by atomic mass is 10.1. The summed E-state index contributed by atoms with van der Waals surface area (Å²) in [6.45, 7) is 0. The molecule has 0 unspecified atom stereocenters. The smallest absolute Gasteiger partial charge is 0.255 e. The van der Waals surface area contributed by atoms with Crippen molar-refractivity contribution in [2.45, 2.75) is 6.42 Å². The number of hydrogen-bond donors (Lipinski definition) is 3. The summed E-state index contributed by atoms with van der Waals surface area (Å²) in [5.41, 5.74) is 6.92. The van der Waals surface area contributed by atoms with Crippen LogP contribution in [-0.4, -0.2) is 17.7 Å². The van der Waals surface area contributed by atoms with Crippen LogP contribution < -0.4 is 16.4 Å². The molecular weight excluding hydrogens is 308 g/mol. The van der Waals surface area contributed by atoms with Crippen molar-refractivity contribution in [1.82, 2.24) is 0 Å². The molecule has 0 radical (unpaired) electrons. The van der Waals surface area contributed by atoms with Crippen LogP contribution in [0.4, 0.5) is 11.4 Å². The zero-order valence-electron chi connectivity index (χ0n) is 12.6. The maximum atomic E-state index is 12.1. The highest BCUT2D eigenvalue weighted by Gasteiger charge is 2.08. The molecule has 7 heteroatoms. The first-order valence-corrected chi connectivity index (χ1v) is 6.97. The van der Waals surface area contributed by atoms with Crippen molar-refractivity contribution in [2.24, 2.45) is 5.73 Å². The van der Waals surface area contributed by atoms with E-state index in [-0.39, 0.29) is 12.3 Å². The first-order valence-electron chi connectivity index (χ1n) is 6.97. The second kappa shape index (κ2) is 7.56. The van der Waals surface area contributed by atoms with Gasteiger partial charge in [0.2, 0.25) is 11.8 Å². The van der Waals surface area contributed by atoms with Crippen LogP contribution in [0.5, 0.6) is 0 Å². The number of nitriles is 1. The standard InChI is InChI=1S/C17H14N4O3/c18-10-9-15(22)20-13-7-3-12(4-8-13)17(24)21-14-5-1-11(2-6-14)16(19)23/h1-8H,9H2,(H2,19,23)(H,20,22)(H,21,24). The highest BCUT2D eigenvalue weighted by Crippen LogP contribution is 2.14. The van der Waals surface area contributed by atoms with E-state index >= 15 is 0 Å². The Morgan fingerprint density at radius 2 is 1.38 bits per heavy atom. The highest BCUT2D eigenvalue weighted by atomic mass is 16.2. The fourth-order valence-corrected chi connectivity index (χ4v) is 1.90. The Hall–Kier alpha value is -3.66. The summed E-state index contributed by atoms with van der Waals surface area (Å²) in [4.78, 5) is 34.4. The molecule has 0 saturated carbocycles. The number of rotatable bonds is 5. The highest BCUT2D eigenvalue weighted by molar-refractivity contribution is 6.05. The molecule has 0 fully saturated rings. The number of anilines is 2. The molecule has 0 aromatic heterocycles. The number of nitrogens with zero attached hydrogens (tertiary/aromatic N) is 1. The van der Waals surface area contributed by atoms with Gasteiger partial charge in [0.25, 0.3) is 5.91 Å². The van der Waals surface area contributed by atoms with Crippen LogP contribution in [0.2, 0.25) is 0 Å². The van der Waals surface area contributed by atoms with Gasteiger partial charge in [-0.2, -0.15) is 5.26 Å². The topological polar surface area (TPSA) is 125 Å². The van der Waals surface area contributed by atoms with Gasteiger partial charge >= 0.3 is 0 Å². The molecule has 0 spiro atoms. The van der Waals surface area contributed by atoms with Gasteiger partial charge in [-0.15, -0.1) is 0 Å². The van der Waals surface area contributed by atoms with Gasteiger partial charge in [0.05, 0.1) is 6.07 Å². The summed E-state index contributed by atoms with van der Waals surface area (Å²) in [7, 11) is 0. The van der Waals surface area contributed by atoms with Crippen molar-refractivity contribution in [2.75, 3.05) is 10.6 Å². The lowest BCUT2D eigenvalue weighted by molar-refractivity contribution is -0.115. The SMILES string of the molecule is N#CCC(=O)Nc1ccc(C(=O)Nc2ccc(C(N)=O)cc2)cc1. The van der Waals surface area contributed by atoms with Crippen LogP contribution >= 0.6 is 0 Å². The van der Waals surface area contributed by atoms with Crippen LogP contribution in [0.3, 0.4) is 0 Å². The Morgan fingerprint density at radius 1 is 0.875 bits per heavy atom. The second-order valence-electron chi connectivity index (χ2n) is 4.86. The van der Waals surface area contributed by atoms with E-state index < -0.39 is 11.8 Å². The largest absolute Gasteiger partial charge is 0.366 e. The molecule has 2 rings (SSSR count). The number of carbonyl (C=O) groups excluding carboxylic acids is 3. The molecule has 3 amide bonds. The molecule has 0 atom stereocenters. The number of primary amides is 1. The van der Waals surface area contributed by atoms with Crippen LogP contribution in [0.1, 0.15) is 27.1 Å². The van der Waals surface area contributed by atoms with Crippen LogP contribution in [0, 0.1) is 11.3 Å². The molecule has 24 heavy (non-hydrogen) atoms. The molecule has 2 aromatic carbocycles. The maximum Gasteiger partial charge on any atom is 0.255 e. The number of nitrogens with one attached hydrogen (secondary N) is 2. The van der Waals surface area contributed by atoms with Crippen molar-refractivity contribution >= 4 is 29.1 Å². The Morgan fingerprint density at radius 3 is 1.88 bits per heavy atom. The van der Waals surface area contributed by atoms with Gasteiger partial charge in [-0.1, -0.05) is 0 Å². The normalized spacial score (nSPS) is 9.62. The van der Waals surface area contributed by atoms with Gasteiger partial charge in [-0.05, 0) is 48.5 Å². The van der Waals surface area contributed by atoms with Gasteiger partial charge in [0.15, 0.2) is 0 Å². The van der Waals surface area contributed by atoms with E-state index in [1.807, 2.05) is 0 Å². The van der Waals surface area contributed by atoms with Crippen molar-refractivity contribution in [3.05, 3.63) is 59.7 Å². The Kier molecular flexibility index (Phi) is 5.26. The van der Waals surface area contributed by atoms with E-state index in [0.717, 1.165) is 0 Å². The summed E-state index contributed by atoms with van der Waals surface area (Å²) < 4.78 is 0. The predicted octanol–water partition coefficient (Wildman–Crippen LogP) is 1.89. The van der Waals surface area contributed by atoms with E-state index in [0.29, 0.717) is 22.5 Å². The molecule has 120 valence electrons. The molecule has 0 heterocycles.